The van der Waals surface area contributed by atoms with E-state index in [1.54, 1.807) is 4.90 Å². The Morgan fingerprint density at radius 2 is 1.95 bits per heavy atom. The van der Waals surface area contributed by atoms with E-state index in [0.717, 1.165) is 32.0 Å². The maximum Gasteiger partial charge on any atom is 0.254 e. The first kappa shape index (κ1) is 16.0. The predicted molar refractivity (Wildman–Crippen MR) is 77.0 cm³/mol. The molecule has 0 saturated carbocycles. The third-order valence-corrected chi connectivity index (χ3v) is 3.77. The molecule has 1 aliphatic heterocycles. The Hall–Kier alpha value is -1.40. The number of pyridine rings is 1. The van der Waals surface area contributed by atoms with Crippen LogP contribution in [0.5, 0.6) is 0 Å². The molecule has 1 aromatic rings. The molecule has 1 N–H and O–H groups in total. The van der Waals surface area contributed by atoms with E-state index in [1.807, 2.05) is 0 Å². The molecule has 0 aliphatic carbocycles. The van der Waals surface area contributed by atoms with Crippen molar-refractivity contribution in [2.24, 2.45) is 0 Å². The molecule has 1 aromatic heterocycles. The second-order valence-corrected chi connectivity index (χ2v) is 5.41. The highest BCUT2D eigenvalue weighted by atomic mass is 35.5. The van der Waals surface area contributed by atoms with Crippen LogP contribution in [0, 0.1) is 5.82 Å². The van der Waals surface area contributed by atoms with Crippen molar-refractivity contribution < 1.29 is 14.0 Å². The lowest BCUT2D eigenvalue weighted by molar-refractivity contribution is -0.129. The smallest absolute Gasteiger partial charge is 0.254 e. The molecule has 0 atom stereocenters. The van der Waals surface area contributed by atoms with Crippen molar-refractivity contribution >= 4 is 35.0 Å². The molecule has 21 heavy (non-hydrogen) atoms. The van der Waals surface area contributed by atoms with Crippen LogP contribution in [-0.2, 0) is 4.79 Å². The summed E-state index contributed by atoms with van der Waals surface area (Å²) in [5.41, 5.74) is -0.104. The molecule has 0 aromatic carbocycles. The lowest BCUT2D eigenvalue weighted by Crippen LogP contribution is -2.32. The topological polar surface area (TPSA) is 62.3 Å². The maximum absolute atomic E-state index is 13.3. The van der Waals surface area contributed by atoms with E-state index in [2.05, 4.69) is 10.3 Å². The van der Waals surface area contributed by atoms with Crippen molar-refractivity contribution in [3.05, 3.63) is 27.8 Å². The number of hydrogen-bond acceptors (Lipinski definition) is 3. The van der Waals surface area contributed by atoms with Crippen LogP contribution < -0.4 is 5.32 Å². The second kappa shape index (κ2) is 7.04. The number of carbonyl (C=O) groups excluding carboxylic acids is 2. The number of carbonyl (C=O) groups is 2. The summed E-state index contributed by atoms with van der Waals surface area (Å²) in [4.78, 5) is 28.9. The summed E-state index contributed by atoms with van der Waals surface area (Å²) in [5.74, 6) is -1.41. The first-order valence-electron chi connectivity index (χ1n) is 6.56. The van der Waals surface area contributed by atoms with Crippen molar-refractivity contribution in [1.82, 2.24) is 15.2 Å². The zero-order chi connectivity index (χ0) is 15.4. The van der Waals surface area contributed by atoms with E-state index >= 15 is 0 Å². The second-order valence-electron chi connectivity index (χ2n) is 4.69. The predicted octanol–water partition coefficient (Wildman–Crippen LogP) is 2.27. The summed E-state index contributed by atoms with van der Waals surface area (Å²) >= 11 is 11.2. The average Bonchev–Trinajstić information content (AvgIpc) is 2.96. The van der Waals surface area contributed by atoms with Crippen LogP contribution in [0.4, 0.5) is 4.39 Å². The number of amides is 2. The first-order chi connectivity index (χ1) is 9.99. The SMILES string of the molecule is O=C(NCCC(=O)N1CCCC1)c1cc(F)c(Cl)nc1Cl. The minimum absolute atomic E-state index is 0.000640. The van der Waals surface area contributed by atoms with Gasteiger partial charge in [0.05, 0.1) is 5.56 Å². The molecule has 0 unspecified atom stereocenters. The van der Waals surface area contributed by atoms with Gasteiger partial charge in [0.1, 0.15) is 5.15 Å². The molecule has 1 saturated heterocycles. The Kier molecular flexibility index (Phi) is 5.36. The highest BCUT2D eigenvalue weighted by Gasteiger charge is 2.19. The van der Waals surface area contributed by atoms with E-state index in [9.17, 15) is 14.0 Å². The number of nitrogens with zero attached hydrogens (tertiary/aromatic N) is 2. The van der Waals surface area contributed by atoms with Gasteiger partial charge in [-0.3, -0.25) is 9.59 Å². The number of likely N-dealkylation sites (tertiary alicyclic amines) is 1. The van der Waals surface area contributed by atoms with Gasteiger partial charge in [0.2, 0.25) is 5.91 Å². The lowest BCUT2D eigenvalue weighted by atomic mass is 10.2. The van der Waals surface area contributed by atoms with Gasteiger partial charge < -0.3 is 10.2 Å². The molecule has 1 fully saturated rings. The third-order valence-electron chi connectivity index (χ3n) is 3.21. The zero-order valence-corrected chi connectivity index (χ0v) is 12.7. The summed E-state index contributed by atoms with van der Waals surface area (Å²) in [6.45, 7) is 1.70. The Balaban J connectivity index is 1.87. The minimum Gasteiger partial charge on any atom is -0.351 e. The van der Waals surface area contributed by atoms with E-state index in [1.165, 1.54) is 0 Å². The van der Waals surface area contributed by atoms with E-state index < -0.39 is 11.7 Å². The molecule has 0 spiro atoms. The minimum atomic E-state index is -0.820. The summed E-state index contributed by atoms with van der Waals surface area (Å²) < 4.78 is 13.3. The van der Waals surface area contributed by atoms with Crippen LogP contribution >= 0.6 is 23.2 Å². The molecule has 2 amide bonds. The van der Waals surface area contributed by atoms with Crippen LogP contribution in [0.25, 0.3) is 0 Å². The van der Waals surface area contributed by atoms with Crippen molar-refractivity contribution in [2.75, 3.05) is 19.6 Å². The Morgan fingerprint density at radius 1 is 1.29 bits per heavy atom. The first-order valence-corrected chi connectivity index (χ1v) is 7.32. The molecular formula is C13H14Cl2FN3O2. The van der Waals surface area contributed by atoms with E-state index in [0.29, 0.717) is 0 Å². The van der Waals surface area contributed by atoms with Gasteiger partial charge in [-0.25, -0.2) is 9.37 Å². The highest BCUT2D eigenvalue weighted by Crippen LogP contribution is 2.20. The molecule has 2 heterocycles. The molecular weight excluding hydrogens is 320 g/mol. The largest absolute Gasteiger partial charge is 0.351 e. The fourth-order valence-corrected chi connectivity index (χ4v) is 2.51. The van der Waals surface area contributed by atoms with Crippen LogP contribution in [0.2, 0.25) is 10.3 Å². The number of nitrogens with one attached hydrogen (secondary N) is 1. The van der Waals surface area contributed by atoms with Crippen molar-refractivity contribution in [3.8, 4) is 0 Å². The summed E-state index contributed by atoms with van der Waals surface area (Å²) in [6.07, 6.45) is 2.24. The Morgan fingerprint density at radius 3 is 2.62 bits per heavy atom. The van der Waals surface area contributed by atoms with Crippen molar-refractivity contribution in [2.45, 2.75) is 19.3 Å². The normalized spacial score (nSPS) is 14.3. The number of rotatable bonds is 4. The molecule has 114 valence electrons. The number of hydrogen-bond donors (Lipinski definition) is 1. The quantitative estimate of drug-likeness (QED) is 0.860. The van der Waals surface area contributed by atoms with E-state index in [4.69, 9.17) is 23.2 Å². The van der Waals surface area contributed by atoms with Crippen molar-refractivity contribution in [3.63, 3.8) is 0 Å². The number of aromatic nitrogens is 1. The van der Waals surface area contributed by atoms with Gasteiger partial charge in [0, 0.05) is 26.1 Å². The maximum atomic E-state index is 13.3. The van der Waals surface area contributed by atoms with Crippen LogP contribution in [0.3, 0.4) is 0 Å². The number of halogens is 3. The molecule has 0 bridgehead atoms. The van der Waals surface area contributed by atoms with Gasteiger partial charge in [-0.1, -0.05) is 23.2 Å². The highest BCUT2D eigenvalue weighted by molar-refractivity contribution is 6.34. The molecule has 8 heteroatoms. The average molecular weight is 334 g/mol. The Labute approximate surface area is 131 Å². The lowest BCUT2D eigenvalue weighted by Gasteiger charge is -2.15. The van der Waals surface area contributed by atoms with Crippen LogP contribution in [-0.4, -0.2) is 41.3 Å². The molecule has 1 aliphatic rings. The summed E-state index contributed by atoms with van der Waals surface area (Å²) in [7, 11) is 0. The third kappa shape index (κ3) is 4.04. The van der Waals surface area contributed by atoms with E-state index in [-0.39, 0.29) is 34.7 Å². The Bertz CT molecular complexity index is 563. The van der Waals surface area contributed by atoms with Gasteiger partial charge in [-0.2, -0.15) is 0 Å². The summed E-state index contributed by atoms with van der Waals surface area (Å²) in [6, 6.07) is 0.926. The molecule has 0 radical (unpaired) electrons. The monoisotopic (exact) mass is 333 g/mol. The molecule has 2 rings (SSSR count). The van der Waals surface area contributed by atoms with Gasteiger partial charge in [0.25, 0.3) is 5.91 Å². The van der Waals surface area contributed by atoms with Gasteiger partial charge in [-0.05, 0) is 18.9 Å². The zero-order valence-electron chi connectivity index (χ0n) is 11.2. The fraction of sp³-hybridized carbons (Fsp3) is 0.462. The van der Waals surface area contributed by atoms with Crippen molar-refractivity contribution in [1.29, 1.82) is 0 Å². The van der Waals surface area contributed by atoms with Crippen LogP contribution in [0.1, 0.15) is 29.6 Å². The standard InChI is InChI=1S/C13H14Cl2FN3O2/c14-11-8(7-9(16)12(15)18-11)13(21)17-4-3-10(20)19-5-1-2-6-19/h7H,1-6H2,(H,17,21). The fourth-order valence-electron chi connectivity index (χ4n) is 2.11. The van der Waals surface area contributed by atoms with Crippen LogP contribution in [0.15, 0.2) is 6.07 Å². The van der Waals surface area contributed by atoms with Gasteiger partial charge in [0.15, 0.2) is 11.0 Å². The summed E-state index contributed by atoms with van der Waals surface area (Å²) in [5, 5.41) is 1.96. The van der Waals surface area contributed by atoms with Gasteiger partial charge >= 0.3 is 0 Å². The van der Waals surface area contributed by atoms with Gasteiger partial charge in [-0.15, -0.1) is 0 Å². The molecule has 5 nitrogen and oxygen atoms in total.